The van der Waals surface area contributed by atoms with E-state index in [-0.39, 0.29) is 16.0 Å². The Labute approximate surface area is 141 Å². The van der Waals surface area contributed by atoms with E-state index in [1.54, 1.807) is 12.1 Å². The van der Waals surface area contributed by atoms with Crippen LogP contribution in [0.15, 0.2) is 60.2 Å². The van der Waals surface area contributed by atoms with Crippen molar-refractivity contribution in [1.82, 2.24) is 0 Å². The smallest absolute Gasteiger partial charge is 0.258 e. The Bertz CT molecular complexity index is 919. The number of fused-ring (bicyclic) bond motifs is 2. The lowest BCUT2D eigenvalue weighted by molar-refractivity contribution is -0.385. The molecule has 3 nitrogen and oxygen atoms in total. The van der Waals surface area contributed by atoms with E-state index in [0.29, 0.717) is 0 Å². The molecule has 2 aromatic carbocycles. The summed E-state index contributed by atoms with van der Waals surface area (Å²) in [6.07, 6.45) is 3.98. The summed E-state index contributed by atoms with van der Waals surface area (Å²) >= 11 is 0. The second-order valence-corrected chi connectivity index (χ2v) is 7.01. The van der Waals surface area contributed by atoms with Crippen molar-refractivity contribution in [2.75, 3.05) is 0 Å². The van der Waals surface area contributed by atoms with E-state index in [0.717, 1.165) is 24.0 Å². The van der Waals surface area contributed by atoms with Crippen LogP contribution in [0.1, 0.15) is 43.4 Å². The van der Waals surface area contributed by atoms with Crippen molar-refractivity contribution >= 4 is 16.8 Å². The highest BCUT2D eigenvalue weighted by molar-refractivity contribution is 5.89. The van der Waals surface area contributed by atoms with Gasteiger partial charge in [0.25, 0.3) is 5.69 Å². The highest BCUT2D eigenvalue weighted by Crippen LogP contribution is 2.52. The molecule has 2 aromatic rings. The van der Waals surface area contributed by atoms with Gasteiger partial charge >= 0.3 is 0 Å². The predicted octanol–water partition coefficient (Wildman–Crippen LogP) is 5.52. The van der Waals surface area contributed by atoms with Gasteiger partial charge in [0.05, 0.1) is 10.5 Å². The second kappa shape index (κ2) is 5.17. The lowest BCUT2D eigenvalue weighted by Gasteiger charge is -2.25. The molecule has 2 aliphatic carbocycles. The quantitative estimate of drug-likeness (QED) is 0.541. The van der Waals surface area contributed by atoms with Gasteiger partial charge in [-0.15, -0.1) is 0 Å². The number of para-hydroxylation sites is 1. The van der Waals surface area contributed by atoms with Crippen LogP contribution >= 0.6 is 0 Å². The molecule has 4 rings (SSSR count). The molecule has 0 heterocycles. The van der Waals surface area contributed by atoms with Gasteiger partial charge in [0.1, 0.15) is 0 Å². The molecule has 0 aromatic heterocycles. The van der Waals surface area contributed by atoms with Crippen LogP contribution in [0.2, 0.25) is 0 Å². The molecular weight excluding hydrogens is 298 g/mol. The van der Waals surface area contributed by atoms with Crippen molar-refractivity contribution in [1.29, 1.82) is 0 Å². The van der Waals surface area contributed by atoms with Crippen LogP contribution in [-0.4, -0.2) is 4.92 Å². The van der Waals surface area contributed by atoms with Crippen molar-refractivity contribution < 1.29 is 4.92 Å². The SMILES string of the molecule is CC1(C)C2=C(CCC(c3ccccc3[N+](=O)[O-])=C2)c2ccccc21. The molecule has 0 saturated heterocycles. The summed E-state index contributed by atoms with van der Waals surface area (Å²) in [6.45, 7) is 4.49. The van der Waals surface area contributed by atoms with Gasteiger partial charge in [-0.05, 0) is 46.8 Å². The molecular formula is C21H19NO2. The zero-order valence-electron chi connectivity index (χ0n) is 13.9. The van der Waals surface area contributed by atoms with Gasteiger partial charge in [-0.3, -0.25) is 10.1 Å². The van der Waals surface area contributed by atoms with Crippen molar-refractivity contribution in [2.24, 2.45) is 0 Å². The fourth-order valence-electron chi connectivity index (χ4n) is 4.12. The first-order chi connectivity index (χ1) is 11.5. The number of rotatable bonds is 2. The normalized spacial score (nSPS) is 18.0. The predicted molar refractivity (Wildman–Crippen MR) is 96.7 cm³/mol. The molecule has 0 aliphatic heterocycles. The first-order valence-electron chi connectivity index (χ1n) is 8.28. The van der Waals surface area contributed by atoms with Gasteiger partial charge < -0.3 is 0 Å². The Kier molecular flexibility index (Phi) is 3.20. The fourth-order valence-corrected chi connectivity index (χ4v) is 4.12. The zero-order valence-corrected chi connectivity index (χ0v) is 13.9. The minimum absolute atomic E-state index is 0.0544. The summed E-state index contributed by atoms with van der Waals surface area (Å²) in [5.74, 6) is 0. The molecule has 0 N–H and O–H groups in total. The molecule has 0 fully saturated rings. The van der Waals surface area contributed by atoms with E-state index in [2.05, 4.69) is 44.2 Å². The number of hydrogen-bond donors (Lipinski definition) is 0. The molecule has 2 aliphatic rings. The summed E-state index contributed by atoms with van der Waals surface area (Å²) in [7, 11) is 0. The minimum Gasteiger partial charge on any atom is -0.258 e. The number of nitro benzene ring substituents is 1. The highest BCUT2D eigenvalue weighted by Gasteiger charge is 2.38. The van der Waals surface area contributed by atoms with Gasteiger partial charge in [0.2, 0.25) is 0 Å². The molecule has 0 saturated carbocycles. The summed E-state index contributed by atoms with van der Waals surface area (Å²) in [5, 5.41) is 11.4. The summed E-state index contributed by atoms with van der Waals surface area (Å²) in [6, 6.07) is 15.6. The number of benzene rings is 2. The van der Waals surface area contributed by atoms with E-state index in [9.17, 15) is 10.1 Å². The summed E-state index contributed by atoms with van der Waals surface area (Å²) < 4.78 is 0. The van der Waals surface area contributed by atoms with Gasteiger partial charge in [-0.1, -0.05) is 56.3 Å². The monoisotopic (exact) mass is 317 g/mol. The van der Waals surface area contributed by atoms with Crippen LogP contribution in [-0.2, 0) is 5.41 Å². The van der Waals surface area contributed by atoms with Gasteiger partial charge in [0, 0.05) is 11.5 Å². The van der Waals surface area contributed by atoms with E-state index in [4.69, 9.17) is 0 Å². The van der Waals surface area contributed by atoms with Crippen LogP contribution in [0.5, 0.6) is 0 Å². The minimum atomic E-state index is -0.283. The number of nitro groups is 1. The average Bonchev–Trinajstić information content (AvgIpc) is 2.83. The molecule has 0 atom stereocenters. The van der Waals surface area contributed by atoms with Crippen LogP contribution < -0.4 is 0 Å². The van der Waals surface area contributed by atoms with Crippen molar-refractivity contribution in [3.8, 4) is 0 Å². The van der Waals surface area contributed by atoms with Crippen LogP contribution in [0.25, 0.3) is 11.1 Å². The van der Waals surface area contributed by atoms with E-state index in [1.807, 2.05) is 12.1 Å². The maximum absolute atomic E-state index is 11.4. The second-order valence-electron chi connectivity index (χ2n) is 7.01. The van der Waals surface area contributed by atoms with Crippen molar-refractivity contribution in [3.05, 3.63) is 87.0 Å². The number of nitrogens with zero attached hydrogens (tertiary/aromatic N) is 1. The van der Waals surface area contributed by atoms with Gasteiger partial charge in [-0.2, -0.15) is 0 Å². The molecule has 0 bridgehead atoms. The molecule has 120 valence electrons. The standard InChI is InChI=1S/C21H19NO2/c1-21(2)18-9-5-3-8-16(18)17-12-11-14(13-19(17)21)15-7-4-6-10-20(15)22(23)24/h3-10,13H,11-12H2,1-2H3. The van der Waals surface area contributed by atoms with Crippen LogP contribution in [0.4, 0.5) is 5.69 Å². The summed E-state index contributed by atoms with van der Waals surface area (Å²) in [4.78, 5) is 11.1. The van der Waals surface area contributed by atoms with E-state index in [1.165, 1.54) is 22.3 Å². The van der Waals surface area contributed by atoms with Gasteiger partial charge in [-0.25, -0.2) is 0 Å². The van der Waals surface area contributed by atoms with Crippen LogP contribution in [0, 0.1) is 10.1 Å². The lowest BCUT2D eigenvalue weighted by atomic mass is 9.78. The fraction of sp³-hybridized carbons (Fsp3) is 0.238. The third-order valence-corrected chi connectivity index (χ3v) is 5.33. The molecule has 0 unspecified atom stereocenters. The van der Waals surface area contributed by atoms with Crippen molar-refractivity contribution in [2.45, 2.75) is 32.1 Å². The van der Waals surface area contributed by atoms with E-state index >= 15 is 0 Å². The molecule has 0 spiro atoms. The topological polar surface area (TPSA) is 43.1 Å². The maximum atomic E-state index is 11.4. The Morgan fingerprint density at radius 1 is 0.958 bits per heavy atom. The Balaban J connectivity index is 1.87. The van der Waals surface area contributed by atoms with Gasteiger partial charge in [0.15, 0.2) is 0 Å². The largest absolute Gasteiger partial charge is 0.276 e. The first kappa shape index (κ1) is 14.9. The Hall–Kier alpha value is -2.68. The molecule has 0 amide bonds. The third kappa shape index (κ3) is 2.04. The average molecular weight is 317 g/mol. The Morgan fingerprint density at radius 3 is 2.38 bits per heavy atom. The Morgan fingerprint density at radius 2 is 1.62 bits per heavy atom. The zero-order chi connectivity index (χ0) is 16.9. The molecule has 0 radical (unpaired) electrons. The van der Waals surface area contributed by atoms with Crippen LogP contribution in [0.3, 0.4) is 0 Å². The molecule has 24 heavy (non-hydrogen) atoms. The van der Waals surface area contributed by atoms with Crippen molar-refractivity contribution in [3.63, 3.8) is 0 Å². The third-order valence-electron chi connectivity index (χ3n) is 5.33. The number of hydrogen-bond acceptors (Lipinski definition) is 2. The number of allylic oxidation sites excluding steroid dienone is 4. The highest BCUT2D eigenvalue weighted by atomic mass is 16.6. The molecule has 3 heteroatoms. The summed E-state index contributed by atoms with van der Waals surface area (Å²) in [5.41, 5.74) is 7.37. The first-order valence-corrected chi connectivity index (χ1v) is 8.28. The maximum Gasteiger partial charge on any atom is 0.276 e. The lowest BCUT2D eigenvalue weighted by Crippen LogP contribution is -2.17. The van der Waals surface area contributed by atoms with E-state index < -0.39 is 0 Å².